The highest BCUT2D eigenvalue weighted by Crippen LogP contribution is 2.36. The molecule has 176 valence electrons. The van der Waals surface area contributed by atoms with Crippen LogP contribution in [0.25, 0.3) is 0 Å². The summed E-state index contributed by atoms with van der Waals surface area (Å²) in [5.74, 6) is -1.24. The topological polar surface area (TPSA) is 101 Å². The second-order valence-corrected chi connectivity index (χ2v) is 9.87. The van der Waals surface area contributed by atoms with Gasteiger partial charge < -0.3 is 19.4 Å². The molecule has 0 bridgehead atoms. The quantitative estimate of drug-likeness (QED) is 0.687. The Kier molecular flexibility index (Phi) is 6.59. The van der Waals surface area contributed by atoms with Crippen molar-refractivity contribution in [3.63, 3.8) is 0 Å². The molecule has 1 aromatic carbocycles. The van der Waals surface area contributed by atoms with Gasteiger partial charge in [0, 0.05) is 18.6 Å². The third kappa shape index (κ3) is 5.81. The first kappa shape index (κ1) is 24.1. The van der Waals surface area contributed by atoms with Crippen LogP contribution in [0.3, 0.4) is 0 Å². The molecule has 1 aliphatic heterocycles. The summed E-state index contributed by atoms with van der Waals surface area (Å²) in [5, 5.41) is 1.94. The zero-order valence-corrected chi connectivity index (χ0v) is 18.6. The number of hydrogen-bond donors (Lipinski definition) is 2. The normalized spacial score (nSPS) is 15.6. The van der Waals surface area contributed by atoms with Crippen LogP contribution in [-0.2, 0) is 20.9 Å². The summed E-state index contributed by atoms with van der Waals surface area (Å²) >= 11 is 0. The highest BCUT2D eigenvalue weighted by molar-refractivity contribution is 7.89. The minimum Gasteiger partial charge on any atom is -0.438 e. The summed E-state index contributed by atoms with van der Waals surface area (Å²) in [5.41, 5.74) is -1.38. The molecule has 1 aliphatic rings. The van der Waals surface area contributed by atoms with Gasteiger partial charge in [-0.05, 0) is 51.1 Å². The lowest BCUT2D eigenvalue weighted by molar-refractivity contribution is -0.137. The summed E-state index contributed by atoms with van der Waals surface area (Å²) in [4.78, 5) is 14.5. The number of nitrogens with zero attached hydrogens (tertiary/aromatic N) is 1. The molecular weight excluding hydrogens is 451 g/mol. The Bertz CT molecular complexity index is 1080. The number of furan rings is 1. The molecule has 32 heavy (non-hydrogen) atoms. The highest BCUT2D eigenvalue weighted by Gasteiger charge is 2.32. The molecule has 0 unspecified atom stereocenters. The van der Waals surface area contributed by atoms with Gasteiger partial charge in [0.2, 0.25) is 5.09 Å². The highest BCUT2D eigenvalue weighted by atomic mass is 32.2. The van der Waals surface area contributed by atoms with Gasteiger partial charge in [-0.2, -0.15) is 13.2 Å². The Hall–Kier alpha value is -2.57. The van der Waals surface area contributed by atoms with Crippen LogP contribution in [0.2, 0.25) is 0 Å². The number of rotatable bonds is 5. The number of amides is 1. The maximum atomic E-state index is 13.2. The van der Waals surface area contributed by atoms with Crippen molar-refractivity contribution in [2.45, 2.75) is 37.6 Å². The molecule has 2 heterocycles. The summed E-state index contributed by atoms with van der Waals surface area (Å²) in [7, 11) is -4.02. The molecule has 0 atom stereocenters. The van der Waals surface area contributed by atoms with Crippen LogP contribution < -0.4 is 14.9 Å². The minimum atomic E-state index is -4.60. The molecular formula is C20H24F3N3O5S. The van der Waals surface area contributed by atoms with Gasteiger partial charge in [0.1, 0.15) is 0 Å². The van der Waals surface area contributed by atoms with Crippen LogP contribution in [0.4, 0.5) is 24.5 Å². The van der Waals surface area contributed by atoms with Crippen molar-refractivity contribution in [2.24, 2.45) is 0 Å². The zero-order chi connectivity index (χ0) is 23.7. The Balaban J connectivity index is 1.89. The van der Waals surface area contributed by atoms with E-state index in [0.717, 1.165) is 24.3 Å². The van der Waals surface area contributed by atoms with Crippen molar-refractivity contribution in [1.29, 1.82) is 0 Å². The maximum Gasteiger partial charge on any atom is 0.416 e. The molecule has 0 radical (unpaired) electrons. The number of nitrogens with one attached hydrogen (secondary N) is 2. The molecule has 12 heteroatoms. The van der Waals surface area contributed by atoms with E-state index in [0.29, 0.717) is 32.0 Å². The van der Waals surface area contributed by atoms with Gasteiger partial charge in [0.25, 0.3) is 15.9 Å². The lowest BCUT2D eigenvalue weighted by atomic mass is 10.1. The fourth-order valence-electron chi connectivity index (χ4n) is 3.12. The van der Waals surface area contributed by atoms with Crippen LogP contribution in [0, 0.1) is 0 Å². The van der Waals surface area contributed by atoms with Crippen LogP contribution in [0.15, 0.2) is 39.8 Å². The Morgan fingerprint density at radius 1 is 1.06 bits per heavy atom. The van der Waals surface area contributed by atoms with Crippen LogP contribution in [0.5, 0.6) is 0 Å². The van der Waals surface area contributed by atoms with Crippen molar-refractivity contribution >= 4 is 27.3 Å². The van der Waals surface area contributed by atoms with Crippen LogP contribution >= 0.6 is 0 Å². The molecule has 0 aliphatic carbocycles. The van der Waals surface area contributed by atoms with Crippen molar-refractivity contribution in [1.82, 2.24) is 4.72 Å². The number of carbonyl (C=O) groups is 1. The Labute approximate surface area is 183 Å². The van der Waals surface area contributed by atoms with E-state index in [-0.39, 0.29) is 11.4 Å². The van der Waals surface area contributed by atoms with E-state index in [2.05, 4.69) is 10.0 Å². The molecule has 8 nitrogen and oxygen atoms in total. The number of anilines is 2. The first-order valence-corrected chi connectivity index (χ1v) is 11.2. The third-order valence-electron chi connectivity index (χ3n) is 4.43. The summed E-state index contributed by atoms with van der Waals surface area (Å²) in [6.45, 7) is 6.60. The minimum absolute atomic E-state index is 0.0691. The van der Waals surface area contributed by atoms with Gasteiger partial charge in [0.15, 0.2) is 5.76 Å². The SMILES string of the molecule is CC(C)(C)NS(=O)(=O)c1ccc(C(=O)Nc2cc(C(F)(F)F)ccc2N2CCOCC2)o1. The van der Waals surface area contributed by atoms with E-state index in [4.69, 9.17) is 9.15 Å². The van der Waals surface area contributed by atoms with Gasteiger partial charge in [-0.25, -0.2) is 13.1 Å². The lowest BCUT2D eigenvalue weighted by Crippen LogP contribution is -2.40. The van der Waals surface area contributed by atoms with Crippen molar-refractivity contribution in [2.75, 3.05) is 36.5 Å². The Morgan fingerprint density at radius 2 is 1.72 bits per heavy atom. The molecule has 0 saturated carbocycles. The predicted molar refractivity (Wildman–Crippen MR) is 111 cm³/mol. The molecule has 1 saturated heterocycles. The first-order valence-electron chi connectivity index (χ1n) is 9.75. The maximum absolute atomic E-state index is 13.2. The van der Waals surface area contributed by atoms with E-state index in [1.54, 1.807) is 25.7 Å². The fraction of sp³-hybridized carbons (Fsp3) is 0.450. The smallest absolute Gasteiger partial charge is 0.416 e. The first-order chi connectivity index (χ1) is 14.8. The van der Waals surface area contributed by atoms with Gasteiger partial charge in [-0.1, -0.05) is 0 Å². The number of carbonyl (C=O) groups excluding carboxylic acids is 1. The average Bonchev–Trinajstić information content (AvgIpc) is 3.17. The molecule has 2 N–H and O–H groups in total. The third-order valence-corrected chi connectivity index (χ3v) is 6.06. The number of ether oxygens (including phenoxy) is 1. The second-order valence-electron chi connectivity index (χ2n) is 8.26. The molecule has 1 aromatic heterocycles. The number of sulfonamides is 1. The summed E-state index contributed by atoms with van der Waals surface area (Å²) in [6, 6.07) is 5.32. The number of benzene rings is 1. The number of hydrogen-bond acceptors (Lipinski definition) is 6. The van der Waals surface area contributed by atoms with Crippen LogP contribution in [-0.4, -0.2) is 46.2 Å². The van der Waals surface area contributed by atoms with E-state index in [1.807, 2.05) is 0 Å². The molecule has 1 fully saturated rings. The fourth-order valence-corrected chi connectivity index (χ4v) is 4.47. The van der Waals surface area contributed by atoms with Crippen molar-refractivity contribution in [3.8, 4) is 0 Å². The Morgan fingerprint density at radius 3 is 2.31 bits per heavy atom. The van der Waals surface area contributed by atoms with E-state index < -0.39 is 38.3 Å². The number of halogens is 3. The number of morpholine rings is 1. The van der Waals surface area contributed by atoms with Gasteiger partial charge >= 0.3 is 6.18 Å². The zero-order valence-electron chi connectivity index (χ0n) is 17.7. The molecule has 3 rings (SSSR count). The molecule has 0 spiro atoms. The van der Waals surface area contributed by atoms with Crippen molar-refractivity contribution < 1.29 is 35.5 Å². The molecule has 2 aromatic rings. The van der Waals surface area contributed by atoms with Gasteiger partial charge in [-0.15, -0.1) is 0 Å². The van der Waals surface area contributed by atoms with E-state index in [1.165, 1.54) is 6.07 Å². The average molecular weight is 475 g/mol. The number of alkyl halides is 3. The summed E-state index contributed by atoms with van der Waals surface area (Å²) in [6.07, 6.45) is -4.60. The van der Waals surface area contributed by atoms with Gasteiger partial charge in [-0.3, -0.25) is 4.79 Å². The summed E-state index contributed by atoms with van der Waals surface area (Å²) < 4.78 is 77.3. The van der Waals surface area contributed by atoms with E-state index in [9.17, 15) is 26.4 Å². The monoisotopic (exact) mass is 475 g/mol. The molecule has 1 amide bonds. The van der Waals surface area contributed by atoms with Crippen molar-refractivity contribution in [3.05, 3.63) is 41.7 Å². The van der Waals surface area contributed by atoms with Crippen LogP contribution in [0.1, 0.15) is 36.9 Å². The second kappa shape index (κ2) is 8.75. The van der Waals surface area contributed by atoms with Gasteiger partial charge in [0.05, 0.1) is 30.2 Å². The largest absolute Gasteiger partial charge is 0.438 e. The van der Waals surface area contributed by atoms with E-state index >= 15 is 0 Å². The predicted octanol–water partition coefficient (Wildman–Crippen LogP) is 3.46. The lowest BCUT2D eigenvalue weighted by Gasteiger charge is -2.30. The standard InChI is InChI=1S/C20H24F3N3O5S/c1-19(2,3)25-32(28,29)17-7-6-16(31-17)18(27)24-14-12-13(20(21,22)23)4-5-15(14)26-8-10-30-11-9-26/h4-7,12,25H,8-11H2,1-3H3,(H,24,27).